The van der Waals surface area contributed by atoms with E-state index in [1.807, 2.05) is 6.92 Å². The maximum Gasteiger partial charge on any atom is 0.417 e. The minimum atomic E-state index is -4.73. The highest BCUT2D eigenvalue weighted by Crippen LogP contribution is 2.36. The first kappa shape index (κ1) is 19.3. The van der Waals surface area contributed by atoms with Gasteiger partial charge in [-0.2, -0.15) is 18.3 Å². The normalized spacial score (nSPS) is 12.3. The first-order chi connectivity index (χ1) is 12.5. The van der Waals surface area contributed by atoms with Gasteiger partial charge >= 0.3 is 6.18 Å². The van der Waals surface area contributed by atoms with Crippen LogP contribution in [-0.4, -0.2) is 24.3 Å². The van der Waals surface area contributed by atoms with Crippen molar-refractivity contribution in [1.82, 2.24) is 24.3 Å². The zero-order valence-corrected chi connectivity index (χ0v) is 16.0. The summed E-state index contributed by atoms with van der Waals surface area (Å²) in [7, 11) is 0. The first-order valence-corrected chi connectivity index (χ1v) is 8.76. The third kappa shape index (κ3) is 3.29. The van der Waals surface area contributed by atoms with E-state index < -0.39 is 22.7 Å². The first-order valence-electron chi connectivity index (χ1n) is 8.35. The Hall–Kier alpha value is -2.49. The van der Waals surface area contributed by atoms with Gasteiger partial charge in [0, 0.05) is 24.3 Å². The Morgan fingerprint density at radius 3 is 2.52 bits per heavy atom. The molecule has 0 amide bonds. The Labute approximate surface area is 157 Å². The Morgan fingerprint density at radius 1 is 1.33 bits per heavy atom. The summed E-state index contributed by atoms with van der Waals surface area (Å²) in [4.78, 5) is 19.0. The van der Waals surface area contributed by atoms with Crippen molar-refractivity contribution in [2.75, 3.05) is 0 Å². The highest BCUT2D eigenvalue weighted by molar-refractivity contribution is 7.71. The summed E-state index contributed by atoms with van der Waals surface area (Å²) >= 11 is 5.16. The van der Waals surface area contributed by atoms with E-state index in [1.165, 1.54) is 4.57 Å². The summed E-state index contributed by atoms with van der Waals surface area (Å²) in [6.07, 6.45) is -3.08. The van der Waals surface area contributed by atoms with Crippen LogP contribution in [0.1, 0.15) is 38.1 Å². The van der Waals surface area contributed by atoms with Crippen molar-refractivity contribution in [3.63, 3.8) is 0 Å². The van der Waals surface area contributed by atoms with Crippen LogP contribution in [0.5, 0.6) is 0 Å². The number of halogens is 3. The molecule has 27 heavy (non-hydrogen) atoms. The fourth-order valence-corrected chi connectivity index (χ4v) is 3.41. The average molecular weight is 397 g/mol. The van der Waals surface area contributed by atoms with Gasteiger partial charge in [0.05, 0.1) is 22.3 Å². The lowest BCUT2D eigenvalue weighted by Gasteiger charge is -2.17. The minimum absolute atomic E-state index is 0.0289. The van der Waals surface area contributed by atoms with E-state index in [-0.39, 0.29) is 22.2 Å². The number of fused-ring (bicyclic) bond motifs is 1. The molecule has 0 bridgehead atoms. The van der Waals surface area contributed by atoms with E-state index in [2.05, 4.69) is 15.1 Å². The van der Waals surface area contributed by atoms with Gasteiger partial charge in [-0.1, -0.05) is 0 Å². The molecule has 3 aromatic rings. The fourth-order valence-electron chi connectivity index (χ4n) is 3.02. The van der Waals surface area contributed by atoms with Crippen molar-refractivity contribution >= 4 is 23.3 Å². The molecule has 6 nitrogen and oxygen atoms in total. The third-order valence-electron chi connectivity index (χ3n) is 4.26. The Balaban J connectivity index is 2.51. The summed E-state index contributed by atoms with van der Waals surface area (Å²) in [6.45, 7) is 7.67. The molecule has 10 heteroatoms. The number of rotatable bonds is 3. The molecule has 0 unspecified atom stereocenters. The maximum atomic E-state index is 13.8. The highest BCUT2D eigenvalue weighted by Gasteiger charge is 2.36. The van der Waals surface area contributed by atoms with E-state index in [0.717, 1.165) is 6.07 Å². The second-order valence-electron chi connectivity index (χ2n) is 6.46. The SMILES string of the molecule is CCn1cc(-c2cc(C(F)(F)F)c3c(=O)[nH]c(=S)n(C(C)C)c3n2)c(C)n1. The fraction of sp³-hybridized carbons (Fsp3) is 0.412. The molecule has 3 rings (SSSR count). The van der Waals surface area contributed by atoms with E-state index >= 15 is 0 Å². The van der Waals surface area contributed by atoms with Crippen molar-refractivity contribution in [3.8, 4) is 11.3 Å². The summed E-state index contributed by atoms with van der Waals surface area (Å²) in [5, 5.41) is 3.75. The number of aryl methyl sites for hydroxylation is 2. The van der Waals surface area contributed by atoms with Crippen LogP contribution in [0.3, 0.4) is 0 Å². The Morgan fingerprint density at radius 2 is 2.00 bits per heavy atom. The highest BCUT2D eigenvalue weighted by atomic mass is 32.1. The van der Waals surface area contributed by atoms with Crippen LogP contribution in [0.15, 0.2) is 17.1 Å². The number of aromatic nitrogens is 5. The number of alkyl halides is 3. The molecule has 0 radical (unpaired) electrons. The van der Waals surface area contributed by atoms with Gasteiger partial charge in [-0.3, -0.25) is 19.0 Å². The summed E-state index contributed by atoms with van der Waals surface area (Å²) in [5.41, 5.74) is -0.910. The lowest BCUT2D eigenvalue weighted by Crippen LogP contribution is -2.21. The second kappa shape index (κ2) is 6.59. The van der Waals surface area contributed by atoms with Crippen molar-refractivity contribution in [2.24, 2.45) is 0 Å². The molecule has 0 atom stereocenters. The quantitative estimate of drug-likeness (QED) is 0.671. The van der Waals surface area contributed by atoms with Crippen molar-refractivity contribution < 1.29 is 13.2 Å². The van der Waals surface area contributed by atoms with Crippen LogP contribution in [0.4, 0.5) is 13.2 Å². The van der Waals surface area contributed by atoms with Crippen LogP contribution in [0.2, 0.25) is 0 Å². The molecule has 0 aliphatic carbocycles. The molecule has 0 aliphatic heterocycles. The van der Waals surface area contributed by atoms with Crippen molar-refractivity contribution in [2.45, 2.75) is 46.5 Å². The van der Waals surface area contributed by atoms with Gasteiger partial charge in [0.15, 0.2) is 4.77 Å². The second-order valence-corrected chi connectivity index (χ2v) is 6.85. The maximum absolute atomic E-state index is 13.8. The number of nitrogens with one attached hydrogen (secondary N) is 1. The number of pyridine rings is 1. The molecule has 3 aromatic heterocycles. The van der Waals surface area contributed by atoms with Gasteiger partial charge in [0.25, 0.3) is 5.56 Å². The smallest absolute Gasteiger partial charge is 0.300 e. The van der Waals surface area contributed by atoms with E-state index in [9.17, 15) is 18.0 Å². The zero-order valence-electron chi connectivity index (χ0n) is 15.2. The third-order valence-corrected chi connectivity index (χ3v) is 4.56. The van der Waals surface area contributed by atoms with Gasteiger partial charge in [-0.05, 0) is 46.0 Å². The predicted octanol–water partition coefficient (Wildman–Crippen LogP) is 4.25. The van der Waals surface area contributed by atoms with E-state index in [4.69, 9.17) is 12.2 Å². The summed E-state index contributed by atoms with van der Waals surface area (Å²) in [6, 6.07) is 0.607. The monoisotopic (exact) mass is 397 g/mol. The molecule has 1 N–H and O–H groups in total. The van der Waals surface area contributed by atoms with Gasteiger partial charge in [-0.25, -0.2) is 4.98 Å². The van der Waals surface area contributed by atoms with Crippen LogP contribution in [0.25, 0.3) is 22.3 Å². The molecule has 0 saturated carbocycles. The van der Waals surface area contributed by atoms with Crippen LogP contribution in [0, 0.1) is 11.7 Å². The van der Waals surface area contributed by atoms with Crippen molar-refractivity contribution in [3.05, 3.63) is 38.6 Å². The topological polar surface area (TPSA) is 68.5 Å². The van der Waals surface area contributed by atoms with Crippen LogP contribution in [-0.2, 0) is 12.7 Å². The van der Waals surface area contributed by atoms with E-state index in [1.54, 1.807) is 31.6 Å². The predicted molar refractivity (Wildman–Crippen MR) is 98.2 cm³/mol. The van der Waals surface area contributed by atoms with Gasteiger partial charge in [0.2, 0.25) is 0 Å². The summed E-state index contributed by atoms with van der Waals surface area (Å²) < 4.78 is 44.4. The van der Waals surface area contributed by atoms with Gasteiger partial charge in [-0.15, -0.1) is 0 Å². The van der Waals surface area contributed by atoms with Gasteiger partial charge in [0.1, 0.15) is 5.65 Å². The Kier molecular flexibility index (Phi) is 4.71. The standard InChI is InChI=1S/C17H18F3N5OS/c1-5-24-7-10(9(4)23-24)12-6-11(17(18,19)20)13-14(21-12)25(8(2)3)16(27)22-15(13)26/h6-8H,5H2,1-4H3,(H,22,26,27). The molecule has 0 fully saturated rings. The molecule has 0 spiro atoms. The molecule has 0 aliphatic rings. The lowest BCUT2D eigenvalue weighted by molar-refractivity contribution is -0.136. The minimum Gasteiger partial charge on any atom is -0.300 e. The van der Waals surface area contributed by atoms with Crippen molar-refractivity contribution in [1.29, 1.82) is 0 Å². The number of H-pyrrole nitrogens is 1. The molecular weight excluding hydrogens is 379 g/mol. The van der Waals surface area contributed by atoms with E-state index in [0.29, 0.717) is 17.8 Å². The molecule has 0 saturated heterocycles. The average Bonchev–Trinajstić information content (AvgIpc) is 2.93. The lowest BCUT2D eigenvalue weighted by atomic mass is 10.1. The number of nitrogens with zero attached hydrogens (tertiary/aromatic N) is 4. The summed E-state index contributed by atoms with van der Waals surface area (Å²) in [5.74, 6) is 0. The Bertz CT molecular complexity index is 1140. The molecule has 0 aromatic carbocycles. The van der Waals surface area contributed by atoms with Crippen LogP contribution >= 0.6 is 12.2 Å². The van der Waals surface area contributed by atoms with Crippen LogP contribution < -0.4 is 5.56 Å². The zero-order chi connectivity index (χ0) is 20.1. The molecule has 144 valence electrons. The number of hydrogen-bond acceptors (Lipinski definition) is 4. The number of hydrogen-bond donors (Lipinski definition) is 1. The molecular formula is C17H18F3N5OS. The largest absolute Gasteiger partial charge is 0.417 e. The van der Waals surface area contributed by atoms with Gasteiger partial charge < -0.3 is 0 Å². The number of aromatic amines is 1. The molecule has 3 heterocycles.